The second-order valence-corrected chi connectivity index (χ2v) is 4.44. The zero-order valence-electron chi connectivity index (χ0n) is 8.07. The molecule has 0 atom stereocenters. The lowest BCUT2D eigenvalue weighted by Crippen LogP contribution is -2.07. The van der Waals surface area contributed by atoms with E-state index in [1.165, 1.54) is 11.3 Å². The maximum atomic E-state index is 4.42. The summed E-state index contributed by atoms with van der Waals surface area (Å²) in [6.07, 6.45) is 1.94. The minimum absolute atomic E-state index is 0.899. The van der Waals surface area contributed by atoms with Gasteiger partial charge < -0.3 is 5.32 Å². The van der Waals surface area contributed by atoms with Crippen molar-refractivity contribution < 1.29 is 0 Å². The lowest BCUT2D eigenvalue weighted by atomic mass is 10.3. The van der Waals surface area contributed by atoms with Crippen LogP contribution in [0.5, 0.6) is 0 Å². The predicted molar refractivity (Wildman–Crippen MR) is 61.8 cm³/mol. The minimum atomic E-state index is 0.899. The molecule has 1 N–H and O–H groups in total. The fourth-order valence-electron chi connectivity index (χ4n) is 1.89. The highest BCUT2D eigenvalue weighted by atomic mass is 79.9. The lowest BCUT2D eigenvalue weighted by Gasteiger charge is -2.07. The number of halogens is 1. The van der Waals surface area contributed by atoms with Crippen LogP contribution in [0.1, 0.15) is 11.3 Å². The Bertz CT molecular complexity index is 504. The summed E-state index contributed by atoms with van der Waals surface area (Å²) in [5.41, 5.74) is 3.66. The second-order valence-electron chi connectivity index (χ2n) is 3.58. The molecule has 3 rings (SSSR count). The van der Waals surface area contributed by atoms with Crippen molar-refractivity contribution in [2.24, 2.45) is 0 Å². The number of aromatic nitrogens is 2. The van der Waals surface area contributed by atoms with Crippen molar-refractivity contribution in [3.05, 3.63) is 46.2 Å². The van der Waals surface area contributed by atoms with Crippen LogP contribution in [0, 0.1) is 0 Å². The summed E-state index contributed by atoms with van der Waals surface area (Å²) in [6, 6.07) is 8.13. The van der Waals surface area contributed by atoms with Crippen molar-refractivity contribution >= 4 is 15.9 Å². The van der Waals surface area contributed by atoms with Crippen molar-refractivity contribution in [2.45, 2.75) is 13.1 Å². The van der Waals surface area contributed by atoms with E-state index in [1.807, 2.05) is 29.1 Å². The highest BCUT2D eigenvalue weighted by molar-refractivity contribution is 9.10. The molecule has 2 aromatic rings. The average Bonchev–Trinajstić information content (AvgIpc) is 2.80. The van der Waals surface area contributed by atoms with E-state index in [0.29, 0.717) is 0 Å². The van der Waals surface area contributed by atoms with Gasteiger partial charge in [0.2, 0.25) is 0 Å². The standard InChI is InChI=1S/C11H10BrN3/c12-9-3-1-2-4-10(9)15-11-7-13-5-8(11)6-14-15/h1-4,6,13H,5,7H2. The number of nitrogens with zero attached hydrogens (tertiary/aromatic N) is 2. The molecule has 0 spiro atoms. The van der Waals surface area contributed by atoms with Gasteiger partial charge in [-0.05, 0) is 28.1 Å². The van der Waals surface area contributed by atoms with Crippen molar-refractivity contribution in [1.29, 1.82) is 0 Å². The molecular weight excluding hydrogens is 254 g/mol. The van der Waals surface area contributed by atoms with Gasteiger partial charge in [-0.3, -0.25) is 0 Å². The van der Waals surface area contributed by atoms with E-state index in [2.05, 4.69) is 32.4 Å². The molecule has 1 aliphatic heterocycles. The maximum absolute atomic E-state index is 4.42. The number of benzene rings is 1. The SMILES string of the molecule is Brc1ccccc1-n1ncc2c1CNC2. The fourth-order valence-corrected chi connectivity index (χ4v) is 2.34. The fraction of sp³-hybridized carbons (Fsp3) is 0.182. The van der Waals surface area contributed by atoms with E-state index >= 15 is 0 Å². The summed E-state index contributed by atoms with van der Waals surface area (Å²) in [4.78, 5) is 0. The molecule has 0 saturated carbocycles. The molecule has 4 heteroatoms. The summed E-state index contributed by atoms with van der Waals surface area (Å²) >= 11 is 3.54. The Morgan fingerprint density at radius 3 is 3.00 bits per heavy atom. The summed E-state index contributed by atoms with van der Waals surface area (Å²) in [5.74, 6) is 0. The van der Waals surface area contributed by atoms with Crippen molar-refractivity contribution in [2.75, 3.05) is 0 Å². The number of nitrogens with one attached hydrogen (secondary N) is 1. The summed E-state index contributed by atoms with van der Waals surface area (Å²) in [5, 5.41) is 7.74. The quantitative estimate of drug-likeness (QED) is 0.856. The first-order valence-electron chi connectivity index (χ1n) is 4.87. The second kappa shape index (κ2) is 3.47. The van der Waals surface area contributed by atoms with Crippen molar-refractivity contribution in [1.82, 2.24) is 15.1 Å². The zero-order valence-corrected chi connectivity index (χ0v) is 9.66. The Kier molecular flexibility index (Phi) is 2.11. The van der Waals surface area contributed by atoms with Gasteiger partial charge in [-0.1, -0.05) is 12.1 Å². The van der Waals surface area contributed by atoms with E-state index in [9.17, 15) is 0 Å². The number of hydrogen-bond donors (Lipinski definition) is 1. The van der Waals surface area contributed by atoms with E-state index in [1.54, 1.807) is 0 Å². The first kappa shape index (κ1) is 9.12. The first-order valence-corrected chi connectivity index (χ1v) is 5.67. The molecule has 0 radical (unpaired) electrons. The minimum Gasteiger partial charge on any atom is -0.307 e. The Balaban J connectivity index is 2.17. The van der Waals surface area contributed by atoms with Crippen LogP contribution in [0.3, 0.4) is 0 Å². The molecule has 2 heterocycles. The van der Waals surface area contributed by atoms with Gasteiger partial charge in [0.15, 0.2) is 0 Å². The Morgan fingerprint density at radius 1 is 1.27 bits per heavy atom. The van der Waals surface area contributed by atoms with Crippen LogP contribution < -0.4 is 5.32 Å². The molecule has 0 aliphatic carbocycles. The third-order valence-electron chi connectivity index (χ3n) is 2.64. The third-order valence-corrected chi connectivity index (χ3v) is 3.31. The summed E-state index contributed by atoms with van der Waals surface area (Å²) < 4.78 is 3.07. The van der Waals surface area contributed by atoms with E-state index < -0.39 is 0 Å². The van der Waals surface area contributed by atoms with Crippen LogP contribution in [-0.2, 0) is 13.1 Å². The number of hydrogen-bond acceptors (Lipinski definition) is 2. The van der Waals surface area contributed by atoms with Crippen molar-refractivity contribution in [3.8, 4) is 5.69 Å². The maximum Gasteiger partial charge on any atom is 0.0791 e. The monoisotopic (exact) mass is 263 g/mol. The van der Waals surface area contributed by atoms with Gasteiger partial charge in [-0.2, -0.15) is 5.10 Å². The van der Waals surface area contributed by atoms with Crippen LogP contribution in [0.2, 0.25) is 0 Å². The molecule has 15 heavy (non-hydrogen) atoms. The molecular formula is C11H10BrN3. The van der Waals surface area contributed by atoms with Gasteiger partial charge >= 0.3 is 0 Å². The number of para-hydroxylation sites is 1. The molecule has 0 fully saturated rings. The Morgan fingerprint density at radius 2 is 2.13 bits per heavy atom. The number of rotatable bonds is 1. The first-order chi connectivity index (χ1) is 7.36. The van der Waals surface area contributed by atoms with Crippen LogP contribution >= 0.6 is 15.9 Å². The van der Waals surface area contributed by atoms with Gasteiger partial charge in [-0.25, -0.2) is 4.68 Å². The normalized spacial score (nSPS) is 14.2. The predicted octanol–water partition coefficient (Wildman–Crippen LogP) is 2.24. The largest absolute Gasteiger partial charge is 0.307 e. The van der Waals surface area contributed by atoms with Gasteiger partial charge in [-0.15, -0.1) is 0 Å². The van der Waals surface area contributed by atoms with Gasteiger partial charge in [0.1, 0.15) is 0 Å². The smallest absolute Gasteiger partial charge is 0.0791 e. The number of fused-ring (bicyclic) bond motifs is 1. The molecule has 0 saturated heterocycles. The summed E-state index contributed by atoms with van der Waals surface area (Å²) in [7, 11) is 0. The summed E-state index contributed by atoms with van der Waals surface area (Å²) in [6.45, 7) is 1.83. The average molecular weight is 264 g/mol. The Labute approximate surface area is 96.2 Å². The van der Waals surface area contributed by atoms with E-state index in [4.69, 9.17) is 0 Å². The molecule has 3 nitrogen and oxygen atoms in total. The van der Waals surface area contributed by atoms with Crippen LogP contribution in [-0.4, -0.2) is 9.78 Å². The lowest BCUT2D eigenvalue weighted by molar-refractivity contribution is 0.710. The van der Waals surface area contributed by atoms with Crippen LogP contribution in [0.25, 0.3) is 5.69 Å². The van der Waals surface area contributed by atoms with Gasteiger partial charge in [0.25, 0.3) is 0 Å². The topological polar surface area (TPSA) is 29.9 Å². The van der Waals surface area contributed by atoms with E-state index in [0.717, 1.165) is 23.2 Å². The molecule has 0 bridgehead atoms. The Hall–Kier alpha value is -1.13. The van der Waals surface area contributed by atoms with Crippen molar-refractivity contribution in [3.63, 3.8) is 0 Å². The van der Waals surface area contributed by atoms with Crippen LogP contribution in [0.15, 0.2) is 34.9 Å². The highest BCUT2D eigenvalue weighted by Crippen LogP contribution is 2.24. The zero-order chi connectivity index (χ0) is 10.3. The highest BCUT2D eigenvalue weighted by Gasteiger charge is 2.17. The molecule has 0 amide bonds. The van der Waals surface area contributed by atoms with Crippen LogP contribution in [0.4, 0.5) is 0 Å². The molecule has 76 valence electrons. The molecule has 1 aliphatic rings. The molecule has 1 aromatic carbocycles. The molecule has 0 unspecified atom stereocenters. The van der Waals surface area contributed by atoms with E-state index in [-0.39, 0.29) is 0 Å². The van der Waals surface area contributed by atoms with Gasteiger partial charge in [0.05, 0.1) is 17.6 Å². The van der Waals surface area contributed by atoms with Gasteiger partial charge in [0, 0.05) is 23.1 Å². The molecule has 1 aromatic heterocycles. The third kappa shape index (κ3) is 1.41.